The van der Waals surface area contributed by atoms with E-state index in [4.69, 9.17) is 10.2 Å². The summed E-state index contributed by atoms with van der Waals surface area (Å²) in [5.41, 5.74) is 7.50. The zero-order valence-electron chi connectivity index (χ0n) is 10.5. The van der Waals surface area contributed by atoms with Crippen molar-refractivity contribution in [1.82, 2.24) is 9.88 Å². The molecule has 1 aliphatic heterocycles. The molecule has 1 fully saturated rings. The molecule has 2 N–H and O–H groups in total. The highest BCUT2D eigenvalue weighted by atomic mass is 16.3. The van der Waals surface area contributed by atoms with Gasteiger partial charge in [-0.05, 0) is 37.1 Å². The van der Waals surface area contributed by atoms with Crippen molar-refractivity contribution in [2.24, 2.45) is 0 Å². The smallest absolute Gasteiger partial charge is 0.275 e. The lowest BCUT2D eigenvalue weighted by atomic mass is 10.2. The van der Waals surface area contributed by atoms with Crippen molar-refractivity contribution in [3.63, 3.8) is 0 Å². The molecule has 1 aliphatic rings. The molecule has 3 rings (SSSR count). The number of nitrogens with two attached hydrogens (primary N) is 1. The highest BCUT2D eigenvalue weighted by Crippen LogP contribution is 2.21. The van der Waals surface area contributed by atoms with Crippen LogP contribution in [0.15, 0.2) is 34.9 Å². The number of nitrogens with zero attached hydrogens (tertiary/aromatic N) is 2. The second-order valence-electron chi connectivity index (χ2n) is 4.66. The number of benzene rings is 1. The molecule has 1 amide bonds. The van der Waals surface area contributed by atoms with Crippen LogP contribution in [0.5, 0.6) is 0 Å². The number of rotatable bonds is 2. The van der Waals surface area contributed by atoms with Crippen molar-refractivity contribution >= 4 is 11.6 Å². The lowest BCUT2D eigenvalue weighted by Gasteiger charge is -2.12. The molecule has 0 aliphatic carbocycles. The summed E-state index contributed by atoms with van der Waals surface area (Å²) in [7, 11) is 0. The molecule has 2 heterocycles. The second kappa shape index (κ2) is 4.76. The first-order chi connectivity index (χ1) is 9.24. The minimum absolute atomic E-state index is 0.0528. The van der Waals surface area contributed by atoms with E-state index in [2.05, 4.69) is 4.98 Å². The molecule has 19 heavy (non-hydrogen) atoms. The third-order valence-electron chi connectivity index (χ3n) is 3.27. The van der Waals surface area contributed by atoms with Gasteiger partial charge in [-0.2, -0.15) is 0 Å². The minimum Gasteiger partial charge on any atom is -0.444 e. The van der Waals surface area contributed by atoms with Gasteiger partial charge < -0.3 is 15.1 Å². The van der Waals surface area contributed by atoms with Crippen LogP contribution in [-0.4, -0.2) is 28.9 Å². The fourth-order valence-electron chi connectivity index (χ4n) is 2.21. The van der Waals surface area contributed by atoms with Crippen LogP contribution in [0.2, 0.25) is 0 Å². The predicted molar refractivity (Wildman–Crippen MR) is 71.5 cm³/mol. The normalized spacial score (nSPS) is 14.8. The van der Waals surface area contributed by atoms with Crippen LogP contribution < -0.4 is 5.73 Å². The van der Waals surface area contributed by atoms with Gasteiger partial charge in [0.2, 0.25) is 5.89 Å². The molecule has 98 valence electrons. The zero-order valence-corrected chi connectivity index (χ0v) is 10.5. The first-order valence-electron chi connectivity index (χ1n) is 6.35. The van der Waals surface area contributed by atoms with Gasteiger partial charge in [-0.1, -0.05) is 0 Å². The lowest BCUT2D eigenvalue weighted by molar-refractivity contribution is 0.0787. The molecule has 0 radical (unpaired) electrons. The fraction of sp³-hybridized carbons (Fsp3) is 0.286. The van der Waals surface area contributed by atoms with Gasteiger partial charge in [-0.25, -0.2) is 4.98 Å². The van der Waals surface area contributed by atoms with E-state index < -0.39 is 0 Å². The van der Waals surface area contributed by atoms with Crippen molar-refractivity contribution < 1.29 is 9.21 Å². The average Bonchev–Trinajstić information content (AvgIpc) is 3.10. The summed E-state index contributed by atoms with van der Waals surface area (Å²) >= 11 is 0. The topological polar surface area (TPSA) is 72.4 Å². The number of likely N-dealkylation sites (tertiary alicyclic amines) is 1. The summed E-state index contributed by atoms with van der Waals surface area (Å²) in [6.07, 6.45) is 3.55. The zero-order chi connectivity index (χ0) is 13.2. The van der Waals surface area contributed by atoms with E-state index in [0.717, 1.165) is 31.5 Å². The molecular weight excluding hydrogens is 242 g/mol. The largest absolute Gasteiger partial charge is 0.444 e. The van der Waals surface area contributed by atoms with E-state index in [-0.39, 0.29) is 5.91 Å². The Labute approximate surface area is 111 Å². The van der Waals surface area contributed by atoms with E-state index in [1.54, 1.807) is 12.1 Å². The molecule has 1 aromatic carbocycles. The minimum atomic E-state index is -0.0528. The molecule has 5 heteroatoms. The van der Waals surface area contributed by atoms with Crippen LogP contribution in [-0.2, 0) is 0 Å². The van der Waals surface area contributed by atoms with Gasteiger partial charge in [0, 0.05) is 24.3 Å². The van der Waals surface area contributed by atoms with Crippen LogP contribution >= 0.6 is 0 Å². The summed E-state index contributed by atoms with van der Waals surface area (Å²) in [6, 6.07) is 7.21. The van der Waals surface area contributed by atoms with Crippen molar-refractivity contribution in [3.8, 4) is 11.5 Å². The number of anilines is 1. The van der Waals surface area contributed by atoms with Crippen LogP contribution in [0, 0.1) is 0 Å². The monoisotopic (exact) mass is 257 g/mol. The lowest BCUT2D eigenvalue weighted by Crippen LogP contribution is -2.27. The molecule has 1 aromatic heterocycles. The van der Waals surface area contributed by atoms with Crippen LogP contribution in [0.1, 0.15) is 23.3 Å². The third-order valence-corrected chi connectivity index (χ3v) is 3.27. The highest BCUT2D eigenvalue weighted by Gasteiger charge is 2.22. The van der Waals surface area contributed by atoms with Gasteiger partial charge in [0.25, 0.3) is 5.91 Å². The molecule has 0 saturated carbocycles. The molecular formula is C14H15N3O2. The third kappa shape index (κ3) is 2.31. The summed E-state index contributed by atoms with van der Waals surface area (Å²) in [5, 5.41) is 0. The number of aromatic nitrogens is 1. The van der Waals surface area contributed by atoms with Gasteiger partial charge in [0.1, 0.15) is 6.26 Å². The number of hydrogen-bond donors (Lipinski definition) is 1. The number of oxazole rings is 1. The van der Waals surface area contributed by atoms with E-state index in [9.17, 15) is 4.79 Å². The van der Waals surface area contributed by atoms with Crippen molar-refractivity contribution in [2.45, 2.75) is 12.8 Å². The van der Waals surface area contributed by atoms with Gasteiger partial charge in [0.15, 0.2) is 5.69 Å². The van der Waals surface area contributed by atoms with E-state index in [0.29, 0.717) is 17.3 Å². The quantitative estimate of drug-likeness (QED) is 0.837. The van der Waals surface area contributed by atoms with E-state index in [1.165, 1.54) is 6.26 Å². The van der Waals surface area contributed by atoms with Gasteiger partial charge in [0.05, 0.1) is 0 Å². The summed E-state index contributed by atoms with van der Waals surface area (Å²) in [4.78, 5) is 18.2. The Morgan fingerprint density at radius 3 is 2.58 bits per heavy atom. The van der Waals surface area contributed by atoms with Crippen LogP contribution in [0.4, 0.5) is 5.69 Å². The average molecular weight is 257 g/mol. The van der Waals surface area contributed by atoms with Crippen molar-refractivity contribution in [2.75, 3.05) is 18.8 Å². The highest BCUT2D eigenvalue weighted by molar-refractivity contribution is 5.92. The first-order valence-corrected chi connectivity index (χ1v) is 6.35. The number of amides is 1. The number of carbonyl (C=O) groups is 1. The Hall–Kier alpha value is -2.30. The van der Waals surface area contributed by atoms with Gasteiger partial charge >= 0.3 is 0 Å². The molecule has 0 unspecified atom stereocenters. The van der Waals surface area contributed by atoms with E-state index in [1.807, 2.05) is 17.0 Å². The summed E-state index contributed by atoms with van der Waals surface area (Å²) in [6.45, 7) is 1.62. The maximum absolute atomic E-state index is 12.1. The van der Waals surface area contributed by atoms with Crippen molar-refractivity contribution in [3.05, 3.63) is 36.2 Å². The Balaban J connectivity index is 1.82. The summed E-state index contributed by atoms with van der Waals surface area (Å²) < 4.78 is 5.37. The number of carbonyl (C=O) groups excluding carboxylic acids is 1. The molecule has 2 aromatic rings. The molecule has 0 bridgehead atoms. The Kier molecular flexibility index (Phi) is 2.95. The Morgan fingerprint density at radius 1 is 1.21 bits per heavy atom. The fourth-order valence-corrected chi connectivity index (χ4v) is 2.21. The summed E-state index contributed by atoms with van der Waals surface area (Å²) in [5.74, 6) is 0.394. The van der Waals surface area contributed by atoms with Crippen LogP contribution in [0.25, 0.3) is 11.5 Å². The SMILES string of the molecule is Nc1ccc(-c2nc(C(=O)N3CCCC3)co2)cc1. The Morgan fingerprint density at radius 2 is 1.89 bits per heavy atom. The first kappa shape index (κ1) is 11.8. The number of hydrogen-bond acceptors (Lipinski definition) is 4. The Bertz CT molecular complexity index is 583. The van der Waals surface area contributed by atoms with Gasteiger partial charge in [-0.3, -0.25) is 4.79 Å². The second-order valence-corrected chi connectivity index (χ2v) is 4.66. The standard InChI is InChI=1S/C14H15N3O2/c15-11-5-3-10(4-6-11)13-16-12(9-19-13)14(18)17-7-1-2-8-17/h3-6,9H,1-2,7-8,15H2. The van der Waals surface area contributed by atoms with E-state index >= 15 is 0 Å². The number of nitrogen functional groups attached to an aromatic ring is 1. The maximum Gasteiger partial charge on any atom is 0.275 e. The molecule has 1 saturated heterocycles. The predicted octanol–water partition coefficient (Wildman–Crippen LogP) is 2.16. The van der Waals surface area contributed by atoms with Crippen LogP contribution in [0.3, 0.4) is 0 Å². The van der Waals surface area contributed by atoms with Gasteiger partial charge in [-0.15, -0.1) is 0 Å². The molecule has 0 spiro atoms. The van der Waals surface area contributed by atoms with Crippen molar-refractivity contribution in [1.29, 1.82) is 0 Å². The molecule has 5 nitrogen and oxygen atoms in total. The molecule has 0 atom stereocenters. The maximum atomic E-state index is 12.1.